The highest BCUT2D eigenvalue weighted by Gasteiger charge is 2.53. The molecule has 2 fully saturated rings. The minimum Gasteiger partial charge on any atom is -0.508 e. The van der Waals surface area contributed by atoms with Crippen LogP contribution in [0.4, 0.5) is 5.69 Å². The van der Waals surface area contributed by atoms with Gasteiger partial charge in [0.2, 0.25) is 5.91 Å². The molecule has 1 aromatic heterocycles. The number of aliphatic hydroxyl groups is 5. The predicted octanol–water partition coefficient (Wildman–Crippen LogP) is 2.70. The van der Waals surface area contributed by atoms with E-state index in [0.717, 1.165) is 24.1 Å². The molecule has 8 unspecified atom stereocenters. The van der Waals surface area contributed by atoms with Gasteiger partial charge in [0.05, 0.1) is 24.2 Å². The number of nitrogens with one attached hydrogen (secondary N) is 1. The van der Waals surface area contributed by atoms with Crippen LogP contribution in [0.15, 0.2) is 80.2 Å². The Morgan fingerprint density at radius 2 is 1.89 bits per heavy atom. The SMILES string of the molecule is Cc1cc(=O)c2cc3c(c(N4C=C5N=CC=C5C4)c2o1)OC1(CCCC(C2CNC(=O)C2)C1)C(OOCC(O)(Cc1ccc(O)c2ccc(O)cc12)C(O)C(O)C(O)CO)C3. The van der Waals surface area contributed by atoms with Gasteiger partial charge in [0.15, 0.2) is 16.8 Å². The van der Waals surface area contributed by atoms with Crippen molar-refractivity contribution in [2.24, 2.45) is 16.8 Å². The number of amides is 1. The molecule has 1 aliphatic carbocycles. The maximum Gasteiger partial charge on any atom is 0.220 e. The zero-order valence-corrected chi connectivity index (χ0v) is 33.5. The highest BCUT2D eigenvalue weighted by Crippen LogP contribution is 2.53. The molecule has 4 aromatic rings. The van der Waals surface area contributed by atoms with Gasteiger partial charge in [-0.25, -0.2) is 9.78 Å². The van der Waals surface area contributed by atoms with Crippen molar-refractivity contribution in [1.82, 2.24) is 5.32 Å². The molecule has 1 spiro atoms. The molecular weight excluding hydrogens is 791 g/mol. The second-order valence-corrected chi connectivity index (χ2v) is 17.2. The lowest BCUT2D eigenvalue weighted by Gasteiger charge is -2.49. The molecule has 8 atom stereocenters. The quantitative estimate of drug-likeness (QED) is 0.0756. The fraction of sp³-hybridized carbons (Fsp3) is 0.444. The molecule has 1 saturated carbocycles. The van der Waals surface area contributed by atoms with Gasteiger partial charge < -0.3 is 55.1 Å². The van der Waals surface area contributed by atoms with Gasteiger partial charge in [0, 0.05) is 60.8 Å². The summed E-state index contributed by atoms with van der Waals surface area (Å²) in [7, 11) is 0. The first kappa shape index (κ1) is 41.0. The molecular formula is C45H49N3O13. The number of fused-ring (bicyclic) bond motifs is 4. The summed E-state index contributed by atoms with van der Waals surface area (Å²) in [5.41, 5.74) is 0.0280. The van der Waals surface area contributed by atoms with Crippen molar-refractivity contribution in [3.63, 3.8) is 0 Å². The maximum absolute atomic E-state index is 13.6. The number of ether oxygens (including phenoxy) is 1. The van der Waals surface area contributed by atoms with E-state index >= 15 is 0 Å². The van der Waals surface area contributed by atoms with Crippen LogP contribution in [0.25, 0.3) is 21.7 Å². The summed E-state index contributed by atoms with van der Waals surface area (Å²) in [6.45, 7) is 1.03. The highest BCUT2D eigenvalue weighted by atomic mass is 17.2. The van der Waals surface area contributed by atoms with Crippen LogP contribution in [-0.4, -0.2) is 110 Å². The number of carbonyl (C=O) groups is 1. The summed E-state index contributed by atoms with van der Waals surface area (Å²) in [4.78, 5) is 44.7. The lowest BCUT2D eigenvalue weighted by molar-refractivity contribution is -0.374. The van der Waals surface area contributed by atoms with Crippen LogP contribution in [0.3, 0.4) is 0 Å². The molecule has 61 heavy (non-hydrogen) atoms. The third kappa shape index (κ3) is 7.45. The fourth-order valence-electron chi connectivity index (χ4n) is 9.90. The molecule has 322 valence electrons. The van der Waals surface area contributed by atoms with Crippen molar-refractivity contribution >= 4 is 39.6 Å². The van der Waals surface area contributed by atoms with E-state index in [9.17, 15) is 45.3 Å². The van der Waals surface area contributed by atoms with E-state index in [4.69, 9.17) is 18.9 Å². The topological polar surface area (TPSA) is 244 Å². The van der Waals surface area contributed by atoms with Gasteiger partial charge in [-0.05, 0) is 91.8 Å². The van der Waals surface area contributed by atoms with Gasteiger partial charge in [-0.2, -0.15) is 0 Å². The van der Waals surface area contributed by atoms with E-state index in [1.807, 2.05) is 17.2 Å². The lowest BCUT2D eigenvalue weighted by Crippen LogP contribution is -2.58. The molecule has 8 N–H and O–H groups in total. The van der Waals surface area contributed by atoms with Gasteiger partial charge in [-0.3, -0.25) is 14.6 Å². The van der Waals surface area contributed by atoms with Crippen LogP contribution >= 0.6 is 0 Å². The molecule has 0 radical (unpaired) electrons. The predicted molar refractivity (Wildman–Crippen MR) is 221 cm³/mol. The van der Waals surface area contributed by atoms with Crippen molar-refractivity contribution in [1.29, 1.82) is 0 Å². The molecule has 9 rings (SSSR count). The zero-order chi connectivity index (χ0) is 42.8. The van der Waals surface area contributed by atoms with Crippen molar-refractivity contribution in [2.45, 2.75) is 87.5 Å². The second-order valence-electron chi connectivity index (χ2n) is 17.2. The first-order valence-corrected chi connectivity index (χ1v) is 20.6. The Morgan fingerprint density at radius 3 is 2.66 bits per heavy atom. The van der Waals surface area contributed by atoms with Crippen molar-refractivity contribution in [3.8, 4) is 17.2 Å². The average Bonchev–Trinajstić information content (AvgIpc) is 3.98. The molecule has 4 aliphatic heterocycles. The zero-order valence-electron chi connectivity index (χ0n) is 33.5. The normalized spacial score (nSPS) is 25.8. The molecule has 3 aromatic carbocycles. The number of carbonyl (C=O) groups excluding carboxylic acids is 1. The van der Waals surface area contributed by atoms with Crippen molar-refractivity contribution in [3.05, 3.63) is 93.1 Å². The number of hydrogen-bond acceptors (Lipinski definition) is 15. The third-order valence-corrected chi connectivity index (χ3v) is 13.1. The fourth-order valence-corrected chi connectivity index (χ4v) is 9.90. The Morgan fingerprint density at radius 1 is 1.05 bits per heavy atom. The molecule has 16 heteroatoms. The summed E-state index contributed by atoms with van der Waals surface area (Å²) in [6, 6.07) is 10.3. The summed E-state index contributed by atoms with van der Waals surface area (Å²) >= 11 is 0. The number of rotatable bonds is 12. The van der Waals surface area contributed by atoms with Crippen LogP contribution in [0.2, 0.25) is 0 Å². The Labute approximate surface area is 349 Å². The monoisotopic (exact) mass is 839 g/mol. The van der Waals surface area contributed by atoms with Crippen LogP contribution in [-0.2, 0) is 27.4 Å². The molecule has 16 nitrogen and oxygen atoms in total. The Hall–Kier alpha value is -5.33. The Kier molecular flexibility index (Phi) is 10.7. The van der Waals surface area contributed by atoms with E-state index < -0.39 is 55.3 Å². The van der Waals surface area contributed by atoms with Gasteiger partial charge in [-0.15, -0.1) is 0 Å². The van der Waals surface area contributed by atoms with E-state index in [-0.39, 0.29) is 41.1 Å². The molecule has 1 amide bonds. The van der Waals surface area contributed by atoms with Crippen LogP contribution < -0.4 is 20.4 Å². The first-order chi connectivity index (χ1) is 29.3. The molecule has 5 heterocycles. The molecule has 5 aliphatic rings. The lowest BCUT2D eigenvalue weighted by atomic mass is 9.68. The third-order valence-electron chi connectivity index (χ3n) is 13.1. The largest absolute Gasteiger partial charge is 0.508 e. The van der Waals surface area contributed by atoms with Crippen LogP contribution in [0, 0.1) is 18.8 Å². The van der Waals surface area contributed by atoms with Gasteiger partial charge >= 0.3 is 0 Å². The minimum atomic E-state index is -2.39. The highest BCUT2D eigenvalue weighted by molar-refractivity contribution is 5.96. The van der Waals surface area contributed by atoms with Crippen molar-refractivity contribution in [2.75, 3.05) is 31.2 Å². The summed E-state index contributed by atoms with van der Waals surface area (Å²) < 4.78 is 13.6. The smallest absolute Gasteiger partial charge is 0.220 e. The van der Waals surface area contributed by atoms with Crippen LogP contribution in [0.5, 0.6) is 17.2 Å². The van der Waals surface area contributed by atoms with E-state index in [1.165, 1.54) is 36.4 Å². The Bertz CT molecular complexity index is 2550. The number of nitrogens with zero attached hydrogens (tertiary/aromatic N) is 2. The number of hydrogen-bond donors (Lipinski definition) is 8. The standard InChI is InChI=1S/C45H49N3O13/c1-23-11-35(52)32-12-27-13-37(61-58-22-44(57,43(56)40(55)36(53)21-49)16-25-4-7-34(51)30-6-5-29(50)15-31(25)30)45(9-2-3-24(17-45)28-14-38(54)47-18-28)60-41(27)39(42(32)59-23)48-19-26-8-10-46-33(26)20-48/h4-8,10-12,15,20,24,28,36-37,40,43,49-51,53,55-57H,2-3,9,13-14,16-19,21-22H2,1H3,(H,47,54). The summed E-state index contributed by atoms with van der Waals surface area (Å²) in [5.74, 6) is 0.835. The second kappa shape index (κ2) is 15.9. The van der Waals surface area contributed by atoms with E-state index in [0.29, 0.717) is 82.4 Å². The minimum absolute atomic E-state index is 0.0117. The van der Waals surface area contributed by atoms with Gasteiger partial charge in [0.25, 0.3) is 0 Å². The number of aliphatic imine (C=N–C) groups is 1. The van der Waals surface area contributed by atoms with Gasteiger partial charge in [-0.1, -0.05) is 6.07 Å². The molecule has 1 saturated heterocycles. The number of phenols is 2. The summed E-state index contributed by atoms with van der Waals surface area (Å²) in [6.07, 6.45) is 1.47. The number of benzene rings is 3. The van der Waals surface area contributed by atoms with Crippen LogP contribution in [0.1, 0.15) is 49.0 Å². The first-order valence-electron chi connectivity index (χ1n) is 20.6. The molecule has 0 bridgehead atoms. The van der Waals surface area contributed by atoms with E-state index in [2.05, 4.69) is 10.3 Å². The number of aromatic hydroxyl groups is 2. The number of aliphatic hydroxyl groups excluding tert-OH is 4. The number of phenolic OH excluding ortho intramolecular Hbond substituents is 2. The number of allylic oxidation sites excluding steroid dienone is 1. The average molecular weight is 840 g/mol. The van der Waals surface area contributed by atoms with E-state index in [1.54, 1.807) is 19.2 Å². The number of anilines is 1. The number of aryl methyl sites for hydroxylation is 1. The van der Waals surface area contributed by atoms with Gasteiger partial charge in [0.1, 0.15) is 65.2 Å². The maximum atomic E-state index is 13.6. The summed E-state index contributed by atoms with van der Waals surface area (Å²) in [5, 5.41) is 79.5. The van der Waals surface area contributed by atoms with Crippen molar-refractivity contribution < 1.29 is 59.5 Å². The Balaban J connectivity index is 1.09.